The van der Waals surface area contributed by atoms with Crippen LogP contribution in [0.5, 0.6) is 0 Å². The lowest BCUT2D eigenvalue weighted by atomic mass is 10.0. The zero-order valence-electron chi connectivity index (χ0n) is 11.1. The molecule has 8 heteroatoms. The largest absolute Gasteiger partial charge is 0.397 e. The monoisotopic (exact) mass is 425 g/mol. The van der Waals surface area contributed by atoms with Crippen LogP contribution in [0.4, 0.5) is 11.4 Å². The highest BCUT2D eigenvalue weighted by molar-refractivity contribution is 9.11. The molecule has 1 aromatic rings. The lowest BCUT2D eigenvalue weighted by Gasteiger charge is -2.30. The van der Waals surface area contributed by atoms with Gasteiger partial charge in [0.15, 0.2) is 0 Å². The standard InChI is InChI=1S/C12H17Br2N3O2S/c1-8-3-2-4-17(7-8)20(18,19)16-12-10(14)5-9(13)6-11(12)15/h5-6,8,16H,2-4,7,15H2,1H3. The van der Waals surface area contributed by atoms with Gasteiger partial charge in [-0.25, -0.2) is 0 Å². The van der Waals surface area contributed by atoms with Crippen molar-refractivity contribution in [2.24, 2.45) is 5.92 Å². The maximum absolute atomic E-state index is 12.4. The Hall–Kier alpha value is -0.310. The van der Waals surface area contributed by atoms with Crippen LogP contribution in [0, 0.1) is 5.92 Å². The van der Waals surface area contributed by atoms with Crippen molar-refractivity contribution >= 4 is 53.4 Å². The van der Waals surface area contributed by atoms with Gasteiger partial charge in [-0.2, -0.15) is 12.7 Å². The highest BCUT2D eigenvalue weighted by Crippen LogP contribution is 2.34. The van der Waals surface area contributed by atoms with E-state index in [1.165, 1.54) is 4.31 Å². The Morgan fingerprint density at radius 2 is 2.10 bits per heavy atom. The van der Waals surface area contributed by atoms with Crippen LogP contribution >= 0.6 is 31.9 Å². The Morgan fingerprint density at radius 3 is 2.70 bits per heavy atom. The molecule has 112 valence electrons. The molecule has 1 atom stereocenters. The molecule has 1 aliphatic heterocycles. The number of anilines is 2. The van der Waals surface area contributed by atoms with Gasteiger partial charge in [-0.1, -0.05) is 22.9 Å². The van der Waals surface area contributed by atoms with Crippen molar-refractivity contribution in [3.63, 3.8) is 0 Å². The van der Waals surface area contributed by atoms with Gasteiger partial charge in [-0.15, -0.1) is 0 Å². The number of nitrogens with zero attached hydrogens (tertiary/aromatic N) is 1. The summed E-state index contributed by atoms with van der Waals surface area (Å²) in [5.41, 5.74) is 6.64. The lowest BCUT2D eigenvalue weighted by molar-refractivity contribution is 0.282. The van der Waals surface area contributed by atoms with Gasteiger partial charge in [0.1, 0.15) is 0 Å². The van der Waals surface area contributed by atoms with E-state index in [1.807, 2.05) is 0 Å². The summed E-state index contributed by atoms with van der Waals surface area (Å²) in [6, 6.07) is 3.43. The highest BCUT2D eigenvalue weighted by Gasteiger charge is 2.28. The van der Waals surface area contributed by atoms with Crippen molar-refractivity contribution in [3.8, 4) is 0 Å². The van der Waals surface area contributed by atoms with E-state index in [2.05, 4.69) is 43.5 Å². The first-order valence-electron chi connectivity index (χ1n) is 6.32. The quantitative estimate of drug-likeness (QED) is 0.728. The van der Waals surface area contributed by atoms with E-state index < -0.39 is 10.2 Å². The number of nitrogens with two attached hydrogens (primary N) is 1. The van der Waals surface area contributed by atoms with Gasteiger partial charge in [-0.05, 0) is 46.8 Å². The summed E-state index contributed by atoms with van der Waals surface area (Å²) in [5.74, 6) is 0.381. The molecule has 5 nitrogen and oxygen atoms in total. The molecule has 0 radical (unpaired) electrons. The normalized spacial score (nSPS) is 20.9. The fourth-order valence-corrected chi connectivity index (χ4v) is 5.18. The molecule has 1 saturated heterocycles. The third-order valence-corrected chi connectivity index (χ3v) is 5.83. The third-order valence-electron chi connectivity index (χ3n) is 3.28. The minimum Gasteiger partial charge on any atom is -0.397 e. The summed E-state index contributed by atoms with van der Waals surface area (Å²) in [5, 5.41) is 0. The van der Waals surface area contributed by atoms with Crippen molar-refractivity contribution in [1.29, 1.82) is 0 Å². The first kappa shape index (κ1) is 16.1. The van der Waals surface area contributed by atoms with Crippen molar-refractivity contribution in [3.05, 3.63) is 21.1 Å². The van der Waals surface area contributed by atoms with Gasteiger partial charge in [-0.3, -0.25) is 4.72 Å². The van der Waals surface area contributed by atoms with Crippen LogP contribution in [-0.2, 0) is 10.2 Å². The van der Waals surface area contributed by atoms with E-state index >= 15 is 0 Å². The number of benzene rings is 1. The smallest absolute Gasteiger partial charge is 0.301 e. The average molecular weight is 427 g/mol. The van der Waals surface area contributed by atoms with E-state index in [0.717, 1.165) is 17.3 Å². The molecule has 1 fully saturated rings. The van der Waals surface area contributed by atoms with Gasteiger partial charge < -0.3 is 5.73 Å². The van der Waals surface area contributed by atoms with Crippen molar-refractivity contribution in [2.75, 3.05) is 23.5 Å². The molecular weight excluding hydrogens is 410 g/mol. The second kappa shape index (κ2) is 6.21. The van der Waals surface area contributed by atoms with Crippen molar-refractivity contribution in [2.45, 2.75) is 19.8 Å². The summed E-state index contributed by atoms with van der Waals surface area (Å²) in [4.78, 5) is 0. The van der Waals surface area contributed by atoms with Crippen LogP contribution in [0.15, 0.2) is 21.1 Å². The molecule has 1 aromatic carbocycles. The second-order valence-electron chi connectivity index (χ2n) is 5.06. The molecule has 0 aromatic heterocycles. The lowest BCUT2D eigenvalue weighted by Crippen LogP contribution is -2.42. The number of hydrogen-bond donors (Lipinski definition) is 2. The van der Waals surface area contributed by atoms with Crippen LogP contribution < -0.4 is 10.5 Å². The highest BCUT2D eigenvalue weighted by atomic mass is 79.9. The number of halogens is 2. The summed E-state index contributed by atoms with van der Waals surface area (Å²) in [7, 11) is -3.57. The third kappa shape index (κ3) is 3.66. The maximum Gasteiger partial charge on any atom is 0.301 e. The minimum absolute atomic E-state index is 0.375. The molecule has 20 heavy (non-hydrogen) atoms. The second-order valence-corrected chi connectivity index (χ2v) is 8.51. The Labute approximate surface area is 136 Å². The molecule has 0 bridgehead atoms. The van der Waals surface area contributed by atoms with Crippen molar-refractivity contribution < 1.29 is 8.42 Å². The Kier molecular flexibility index (Phi) is 4.99. The average Bonchev–Trinajstić information content (AvgIpc) is 2.34. The van der Waals surface area contributed by atoms with E-state index in [4.69, 9.17) is 5.73 Å². The SMILES string of the molecule is CC1CCCN(S(=O)(=O)Nc2c(N)cc(Br)cc2Br)C1. The van der Waals surface area contributed by atoms with Gasteiger partial charge in [0.2, 0.25) is 0 Å². The molecular formula is C12H17Br2N3O2S. The Balaban J connectivity index is 2.24. The van der Waals surface area contributed by atoms with Gasteiger partial charge in [0.05, 0.1) is 11.4 Å². The summed E-state index contributed by atoms with van der Waals surface area (Å²) in [6.45, 7) is 3.16. The summed E-state index contributed by atoms with van der Waals surface area (Å²) >= 11 is 6.64. The molecule has 1 aliphatic rings. The van der Waals surface area contributed by atoms with E-state index in [1.54, 1.807) is 12.1 Å². The number of nitrogens with one attached hydrogen (secondary N) is 1. The number of piperidine rings is 1. The Bertz CT molecular complexity index is 584. The zero-order chi connectivity index (χ0) is 14.9. The van der Waals surface area contributed by atoms with Gasteiger partial charge >= 0.3 is 10.2 Å². The van der Waals surface area contributed by atoms with E-state index in [9.17, 15) is 8.42 Å². The fraction of sp³-hybridized carbons (Fsp3) is 0.500. The molecule has 1 unspecified atom stereocenters. The van der Waals surface area contributed by atoms with Crippen LogP contribution in [-0.4, -0.2) is 25.8 Å². The van der Waals surface area contributed by atoms with Crippen LogP contribution in [0.2, 0.25) is 0 Å². The fourth-order valence-electron chi connectivity index (χ4n) is 2.26. The summed E-state index contributed by atoms with van der Waals surface area (Å²) in [6.07, 6.45) is 1.95. The zero-order valence-corrected chi connectivity index (χ0v) is 15.1. The molecule has 3 N–H and O–H groups in total. The number of rotatable bonds is 3. The number of nitrogen functional groups attached to an aromatic ring is 1. The molecule has 0 spiro atoms. The predicted molar refractivity (Wildman–Crippen MR) is 88.8 cm³/mol. The van der Waals surface area contributed by atoms with Crippen LogP contribution in [0.1, 0.15) is 19.8 Å². The maximum atomic E-state index is 12.4. The number of hydrogen-bond acceptors (Lipinski definition) is 3. The predicted octanol–water partition coefficient (Wildman–Crippen LogP) is 3.18. The van der Waals surface area contributed by atoms with Crippen molar-refractivity contribution in [1.82, 2.24) is 4.31 Å². The van der Waals surface area contributed by atoms with Crippen LogP contribution in [0.25, 0.3) is 0 Å². The molecule has 0 aliphatic carbocycles. The van der Waals surface area contributed by atoms with E-state index in [-0.39, 0.29) is 0 Å². The van der Waals surface area contributed by atoms with Gasteiger partial charge in [0, 0.05) is 22.0 Å². The topological polar surface area (TPSA) is 75.4 Å². The molecule has 0 saturated carbocycles. The van der Waals surface area contributed by atoms with Crippen LogP contribution in [0.3, 0.4) is 0 Å². The molecule has 0 amide bonds. The first-order valence-corrected chi connectivity index (χ1v) is 9.34. The molecule has 2 rings (SSSR count). The molecule has 1 heterocycles. The minimum atomic E-state index is -3.57. The summed E-state index contributed by atoms with van der Waals surface area (Å²) < 4.78 is 30.3. The van der Waals surface area contributed by atoms with Gasteiger partial charge in [0.25, 0.3) is 0 Å². The Morgan fingerprint density at radius 1 is 1.40 bits per heavy atom. The van der Waals surface area contributed by atoms with E-state index in [0.29, 0.717) is 34.9 Å². The first-order chi connectivity index (χ1) is 9.29.